The van der Waals surface area contributed by atoms with Crippen LogP contribution in [-0.2, 0) is 0 Å². The van der Waals surface area contributed by atoms with Crippen LogP contribution in [0.5, 0.6) is 5.75 Å². The van der Waals surface area contributed by atoms with Crippen LogP contribution in [0, 0.1) is 0 Å². The number of para-hydroxylation sites is 1. The average Bonchev–Trinajstić information content (AvgIpc) is 2.72. The summed E-state index contributed by atoms with van der Waals surface area (Å²) in [6, 6.07) is 1.89. The first-order valence-electron chi connectivity index (χ1n) is 9.70. The second kappa shape index (κ2) is 9.71. The number of halogens is 3. The number of carbonyl (C=O) groups is 1. The number of alkyl halides is 3. The van der Waals surface area contributed by atoms with Gasteiger partial charge < -0.3 is 20.6 Å². The van der Waals surface area contributed by atoms with E-state index in [0.717, 1.165) is 0 Å². The topological polar surface area (TPSA) is 98.7 Å². The van der Waals surface area contributed by atoms with Gasteiger partial charge >= 0.3 is 6.18 Å². The summed E-state index contributed by atoms with van der Waals surface area (Å²) < 4.78 is 40.8. The highest BCUT2D eigenvalue weighted by Gasteiger charge is 2.42. The first kappa shape index (κ1) is 24.7. The van der Waals surface area contributed by atoms with Crippen molar-refractivity contribution in [1.29, 1.82) is 0 Å². The van der Waals surface area contributed by atoms with Crippen LogP contribution in [0.15, 0.2) is 51.6 Å². The lowest BCUT2D eigenvalue weighted by Gasteiger charge is -2.25. The van der Waals surface area contributed by atoms with Gasteiger partial charge in [0.25, 0.3) is 16.8 Å². The van der Waals surface area contributed by atoms with Crippen LogP contribution in [0.1, 0.15) is 30.6 Å². The molecule has 1 amide bonds. The zero-order valence-corrected chi connectivity index (χ0v) is 18.0. The fraction of sp³-hybridized carbons (Fsp3) is 0.318. The number of benzene rings is 1. The predicted molar refractivity (Wildman–Crippen MR) is 117 cm³/mol. The molecule has 2 rings (SSSR count). The van der Waals surface area contributed by atoms with E-state index in [4.69, 9.17) is 0 Å². The lowest BCUT2D eigenvalue weighted by atomic mass is 10.0. The number of nitrogens with one attached hydrogen (secondary N) is 2. The van der Waals surface area contributed by atoms with E-state index >= 15 is 0 Å². The molecule has 0 aromatic heterocycles. The zero-order valence-electron chi connectivity index (χ0n) is 18.0. The highest BCUT2D eigenvalue weighted by Crippen LogP contribution is 2.34. The highest BCUT2D eigenvalue weighted by atomic mass is 19.4. The minimum atomic E-state index is -4.74. The second-order valence-electron chi connectivity index (χ2n) is 7.30. The van der Waals surface area contributed by atoms with Crippen LogP contribution in [0.25, 0.3) is 0 Å². The second-order valence-corrected chi connectivity index (χ2v) is 7.30. The third-order valence-corrected chi connectivity index (χ3v) is 4.64. The Labute approximate surface area is 182 Å². The maximum absolute atomic E-state index is 13.6. The van der Waals surface area contributed by atoms with E-state index in [1.54, 1.807) is 6.08 Å². The Kier molecular flexibility index (Phi) is 7.50. The Hall–Kier alpha value is -3.56. The number of phenols is 1. The van der Waals surface area contributed by atoms with E-state index in [1.165, 1.54) is 56.3 Å². The minimum Gasteiger partial charge on any atom is -0.505 e. The lowest BCUT2D eigenvalue weighted by molar-refractivity contribution is -0.134. The van der Waals surface area contributed by atoms with Crippen LogP contribution < -0.4 is 21.5 Å². The molecule has 0 saturated carbocycles. The summed E-state index contributed by atoms with van der Waals surface area (Å²) in [5.74, 6) is -1.02. The zero-order chi connectivity index (χ0) is 24.2. The molecule has 10 heteroatoms. The van der Waals surface area contributed by atoms with Crippen molar-refractivity contribution in [2.75, 3.05) is 24.7 Å². The third kappa shape index (κ3) is 5.19. The van der Waals surface area contributed by atoms with Gasteiger partial charge in [0.2, 0.25) is 0 Å². The SMILES string of the molecule is CC/C=C\C=C(/C)[C@H](Nc1c(Nc2cccc(C(=O)N(C)C)c2O)c(=O)c1=O)C(F)(F)F. The number of anilines is 3. The van der Waals surface area contributed by atoms with Gasteiger partial charge in [-0.3, -0.25) is 14.4 Å². The molecule has 2 aromatic carbocycles. The molecular weight excluding hydrogens is 427 g/mol. The largest absolute Gasteiger partial charge is 0.505 e. The predicted octanol–water partition coefficient (Wildman–Crippen LogP) is 3.69. The van der Waals surface area contributed by atoms with Gasteiger partial charge in [0.15, 0.2) is 5.75 Å². The number of allylic oxidation sites excluding steroid dienone is 3. The van der Waals surface area contributed by atoms with E-state index < -0.39 is 46.1 Å². The van der Waals surface area contributed by atoms with Crippen molar-refractivity contribution < 1.29 is 23.1 Å². The molecule has 2 aromatic rings. The van der Waals surface area contributed by atoms with E-state index in [2.05, 4.69) is 10.6 Å². The monoisotopic (exact) mass is 451 g/mol. The fourth-order valence-corrected chi connectivity index (χ4v) is 2.89. The summed E-state index contributed by atoms with van der Waals surface area (Å²) in [6.07, 6.45) is 0.320. The molecule has 0 heterocycles. The van der Waals surface area contributed by atoms with E-state index in [1.807, 2.05) is 6.92 Å². The number of amides is 1. The van der Waals surface area contributed by atoms with Crippen LogP contribution in [-0.4, -0.2) is 42.2 Å². The summed E-state index contributed by atoms with van der Waals surface area (Å²) in [7, 11) is 2.95. The van der Waals surface area contributed by atoms with Crippen LogP contribution in [0.4, 0.5) is 30.2 Å². The van der Waals surface area contributed by atoms with Crippen molar-refractivity contribution in [3.8, 4) is 5.75 Å². The summed E-state index contributed by atoms with van der Waals surface area (Å²) in [4.78, 5) is 37.5. The highest BCUT2D eigenvalue weighted by molar-refractivity contribution is 5.99. The van der Waals surface area contributed by atoms with Gasteiger partial charge in [-0.15, -0.1) is 0 Å². The van der Waals surface area contributed by atoms with Crippen LogP contribution in [0.3, 0.4) is 0 Å². The van der Waals surface area contributed by atoms with Gasteiger partial charge in [0.1, 0.15) is 17.4 Å². The van der Waals surface area contributed by atoms with Gasteiger partial charge in [0.05, 0.1) is 11.3 Å². The molecule has 172 valence electrons. The molecule has 0 unspecified atom stereocenters. The van der Waals surface area contributed by atoms with Crippen molar-refractivity contribution >= 4 is 23.0 Å². The van der Waals surface area contributed by atoms with Gasteiger partial charge in [-0.2, -0.15) is 13.2 Å². The van der Waals surface area contributed by atoms with Gasteiger partial charge in [-0.05, 0) is 31.1 Å². The van der Waals surface area contributed by atoms with Crippen molar-refractivity contribution in [3.05, 3.63) is 68.0 Å². The summed E-state index contributed by atoms with van der Waals surface area (Å²) in [5.41, 5.74) is -3.41. The fourth-order valence-electron chi connectivity index (χ4n) is 2.89. The molecule has 0 aliphatic heterocycles. The average molecular weight is 451 g/mol. The molecule has 0 aliphatic carbocycles. The first-order chi connectivity index (χ1) is 14.9. The summed E-state index contributed by atoms with van der Waals surface area (Å²) in [6.45, 7) is 3.09. The Morgan fingerprint density at radius 2 is 1.81 bits per heavy atom. The molecule has 7 nitrogen and oxygen atoms in total. The van der Waals surface area contributed by atoms with Crippen molar-refractivity contribution in [2.24, 2.45) is 0 Å². The number of aromatic hydroxyl groups is 1. The number of hydrogen-bond donors (Lipinski definition) is 3. The Bertz CT molecular complexity index is 1130. The molecule has 0 saturated heterocycles. The summed E-state index contributed by atoms with van der Waals surface area (Å²) in [5, 5.41) is 15.0. The Morgan fingerprint density at radius 3 is 2.38 bits per heavy atom. The van der Waals surface area contributed by atoms with Crippen molar-refractivity contribution in [2.45, 2.75) is 32.5 Å². The molecule has 0 radical (unpaired) electrons. The quantitative estimate of drug-likeness (QED) is 0.322. The Balaban J connectivity index is 2.41. The molecular formula is C22H24F3N3O4. The van der Waals surface area contributed by atoms with E-state index in [9.17, 15) is 32.7 Å². The molecule has 0 fully saturated rings. The molecule has 0 aliphatic rings. The number of hydrogen-bond acceptors (Lipinski definition) is 6. The smallest absolute Gasteiger partial charge is 0.412 e. The maximum Gasteiger partial charge on any atom is 0.412 e. The molecule has 0 spiro atoms. The third-order valence-electron chi connectivity index (χ3n) is 4.64. The molecule has 1 atom stereocenters. The lowest BCUT2D eigenvalue weighted by Crippen LogP contribution is -2.44. The molecule has 32 heavy (non-hydrogen) atoms. The first-order valence-corrected chi connectivity index (χ1v) is 9.70. The van der Waals surface area contributed by atoms with Gasteiger partial charge in [-0.1, -0.05) is 31.2 Å². The van der Waals surface area contributed by atoms with E-state index in [-0.39, 0.29) is 16.8 Å². The maximum atomic E-state index is 13.6. The molecule has 3 N–H and O–H groups in total. The molecule has 0 bridgehead atoms. The number of phenolic OH excluding ortho intramolecular Hbond substituents is 1. The van der Waals surface area contributed by atoms with Gasteiger partial charge in [-0.25, -0.2) is 0 Å². The van der Waals surface area contributed by atoms with Crippen molar-refractivity contribution in [3.63, 3.8) is 0 Å². The Morgan fingerprint density at radius 1 is 1.19 bits per heavy atom. The number of carbonyl (C=O) groups excluding carboxylic acids is 1. The standard InChI is InChI=1S/C22H24F3N3O4/c1-5-6-7-9-12(2)20(22(23,24)25)27-16-15(18(30)19(16)31)26-14-11-8-10-13(17(14)29)21(32)28(3)4/h6-11,20,26-27,29H,5H2,1-4H3/b7-6-,12-9+/t20-/m0/s1. The minimum absolute atomic E-state index is 0.0807. The van der Waals surface area contributed by atoms with Crippen LogP contribution >= 0.6 is 0 Å². The van der Waals surface area contributed by atoms with Crippen LogP contribution in [0.2, 0.25) is 0 Å². The van der Waals surface area contributed by atoms with E-state index in [0.29, 0.717) is 6.42 Å². The van der Waals surface area contributed by atoms with Crippen molar-refractivity contribution in [1.82, 2.24) is 4.90 Å². The normalized spacial score (nSPS) is 13.4. The number of nitrogens with zero attached hydrogens (tertiary/aromatic N) is 1. The summed E-state index contributed by atoms with van der Waals surface area (Å²) >= 11 is 0. The van der Waals surface area contributed by atoms with Gasteiger partial charge in [0, 0.05) is 14.1 Å². The number of rotatable bonds is 8.